The van der Waals surface area contributed by atoms with E-state index in [1.165, 1.54) is 24.3 Å². The smallest absolute Gasteiger partial charge is 0.196 e. The third kappa shape index (κ3) is 1.86. The first-order valence-corrected chi connectivity index (χ1v) is 7.30. The molecule has 1 spiro atoms. The summed E-state index contributed by atoms with van der Waals surface area (Å²) in [5, 5.41) is 0. The fourth-order valence-electron chi connectivity index (χ4n) is 2.77. The van der Waals surface area contributed by atoms with Crippen molar-refractivity contribution in [2.24, 2.45) is 10.7 Å². The normalized spacial score (nSPS) is 27.6. The number of anilines is 1. The number of halogens is 1. The second-order valence-electron chi connectivity index (χ2n) is 4.87. The van der Waals surface area contributed by atoms with E-state index in [1.807, 2.05) is 22.7 Å². The quantitative estimate of drug-likeness (QED) is 0.846. The van der Waals surface area contributed by atoms with E-state index in [0.717, 1.165) is 24.4 Å². The van der Waals surface area contributed by atoms with E-state index in [0.29, 0.717) is 5.96 Å². The maximum Gasteiger partial charge on any atom is 0.196 e. The highest BCUT2D eigenvalue weighted by Gasteiger charge is 2.44. The predicted molar refractivity (Wildman–Crippen MR) is 74.7 cm³/mol. The van der Waals surface area contributed by atoms with Crippen molar-refractivity contribution in [3.8, 4) is 0 Å². The average molecular weight is 265 g/mol. The van der Waals surface area contributed by atoms with Gasteiger partial charge in [-0.15, -0.1) is 0 Å². The van der Waals surface area contributed by atoms with Gasteiger partial charge in [0.1, 0.15) is 5.82 Å². The minimum Gasteiger partial charge on any atom is -0.369 e. The van der Waals surface area contributed by atoms with Gasteiger partial charge in [-0.3, -0.25) is 4.99 Å². The molecule has 2 N–H and O–H groups in total. The highest BCUT2D eigenvalue weighted by Crippen LogP contribution is 2.38. The lowest BCUT2D eigenvalue weighted by molar-refractivity contribution is 0.457. The molecule has 1 fully saturated rings. The lowest BCUT2D eigenvalue weighted by Gasteiger charge is -2.41. The van der Waals surface area contributed by atoms with Crippen molar-refractivity contribution in [1.29, 1.82) is 0 Å². The maximum absolute atomic E-state index is 13.4. The average Bonchev–Trinajstić information content (AvgIpc) is 2.67. The first kappa shape index (κ1) is 11.8. The Morgan fingerprint density at radius 3 is 3.06 bits per heavy atom. The monoisotopic (exact) mass is 265 g/mol. The first-order chi connectivity index (χ1) is 8.71. The zero-order valence-corrected chi connectivity index (χ0v) is 10.9. The molecular formula is C13H16FN3S. The Labute approximate surface area is 110 Å². The van der Waals surface area contributed by atoms with Crippen LogP contribution in [0.5, 0.6) is 0 Å². The standard InChI is InChI=1S/C13H16FN3S/c14-10-3-1-4-11(7-10)17-12(15)16-8-13(17)5-2-6-18-9-13/h1,3-4,7H,2,5-6,8-9H2,(H2,15,16). The van der Waals surface area contributed by atoms with Crippen LogP contribution in [0.3, 0.4) is 0 Å². The van der Waals surface area contributed by atoms with Gasteiger partial charge in [-0.25, -0.2) is 4.39 Å². The number of thioether (sulfide) groups is 1. The van der Waals surface area contributed by atoms with Gasteiger partial charge in [-0.1, -0.05) is 6.07 Å². The summed E-state index contributed by atoms with van der Waals surface area (Å²) in [6.07, 6.45) is 2.24. The Morgan fingerprint density at radius 1 is 1.44 bits per heavy atom. The fourth-order valence-corrected chi connectivity index (χ4v) is 4.01. The minimum absolute atomic E-state index is 0.0409. The summed E-state index contributed by atoms with van der Waals surface area (Å²) >= 11 is 1.93. The minimum atomic E-state index is -0.231. The Bertz CT molecular complexity index is 483. The van der Waals surface area contributed by atoms with Crippen LogP contribution in [0.25, 0.3) is 0 Å². The van der Waals surface area contributed by atoms with Gasteiger partial charge in [0.25, 0.3) is 0 Å². The van der Waals surface area contributed by atoms with Gasteiger partial charge < -0.3 is 10.6 Å². The molecule has 0 bridgehead atoms. The van der Waals surface area contributed by atoms with Crippen molar-refractivity contribution in [1.82, 2.24) is 0 Å². The van der Waals surface area contributed by atoms with Crippen LogP contribution in [-0.2, 0) is 0 Å². The first-order valence-electron chi connectivity index (χ1n) is 6.15. The highest BCUT2D eigenvalue weighted by atomic mass is 32.2. The summed E-state index contributed by atoms with van der Waals surface area (Å²) in [7, 11) is 0. The number of nitrogens with zero attached hydrogens (tertiary/aromatic N) is 2. The van der Waals surface area contributed by atoms with Crippen molar-refractivity contribution in [3.63, 3.8) is 0 Å². The molecule has 0 radical (unpaired) electrons. The summed E-state index contributed by atoms with van der Waals surface area (Å²) in [6.45, 7) is 0.725. The molecule has 2 aliphatic heterocycles. The number of rotatable bonds is 1. The van der Waals surface area contributed by atoms with Crippen molar-refractivity contribution in [2.75, 3.05) is 23.0 Å². The van der Waals surface area contributed by atoms with Gasteiger partial charge in [-0.05, 0) is 36.8 Å². The number of aliphatic imine (C=N–C) groups is 1. The van der Waals surface area contributed by atoms with Crippen LogP contribution in [0, 0.1) is 5.82 Å². The van der Waals surface area contributed by atoms with Crippen molar-refractivity contribution in [2.45, 2.75) is 18.4 Å². The predicted octanol–water partition coefficient (Wildman–Crippen LogP) is 2.23. The number of benzene rings is 1. The van der Waals surface area contributed by atoms with Gasteiger partial charge in [0.05, 0.1) is 12.1 Å². The molecule has 1 aromatic carbocycles. The molecule has 0 amide bonds. The van der Waals surface area contributed by atoms with E-state index in [2.05, 4.69) is 4.99 Å². The van der Waals surface area contributed by atoms with E-state index >= 15 is 0 Å². The van der Waals surface area contributed by atoms with Crippen LogP contribution in [0.1, 0.15) is 12.8 Å². The third-order valence-corrected chi connectivity index (χ3v) is 4.93. The Hall–Kier alpha value is -1.23. The molecule has 0 aromatic heterocycles. The lowest BCUT2D eigenvalue weighted by atomic mass is 9.93. The molecule has 5 heteroatoms. The van der Waals surface area contributed by atoms with Crippen LogP contribution >= 0.6 is 11.8 Å². The largest absolute Gasteiger partial charge is 0.369 e. The van der Waals surface area contributed by atoms with Crippen molar-refractivity contribution < 1.29 is 4.39 Å². The summed E-state index contributed by atoms with van der Waals surface area (Å²) in [4.78, 5) is 6.42. The zero-order chi connectivity index (χ0) is 12.6. The number of guanidine groups is 1. The molecule has 2 heterocycles. The Balaban J connectivity index is 1.98. The van der Waals surface area contributed by atoms with Crippen LogP contribution in [0.15, 0.2) is 29.3 Å². The molecule has 1 atom stereocenters. The zero-order valence-electron chi connectivity index (χ0n) is 10.1. The van der Waals surface area contributed by atoms with Crippen LogP contribution in [0.4, 0.5) is 10.1 Å². The third-order valence-electron chi connectivity index (χ3n) is 3.61. The number of nitrogens with two attached hydrogens (primary N) is 1. The van der Waals surface area contributed by atoms with E-state index < -0.39 is 0 Å². The van der Waals surface area contributed by atoms with Gasteiger partial charge in [0, 0.05) is 11.4 Å². The molecule has 18 heavy (non-hydrogen) atoms. The number of hydrogen-bond acceptors (Lipinski definition) is 4. The second-order valence-corrected chi connectivity index (χ2v) is 5.98. The van der Waals surface area contributed by atoms with Gasteiger partial charge in [0.15, 0.2) is 5.96 Å². The van der Waals surface area contributed by atoms with Gasteiger partial charge in [0.2, 0.25) is 0 Å². The summed E-state index contributed by atoms with van der Waals surface area (Å²) in [5.41, 5.74) is 6.79. The van der Waals surface area contributed by atoms with Crippen molar-refractivity contribution >= 4 is 23.4 Å². The van der Waals surface area contributed by atoms with E-state index in [4.69, 9.17) is 5.73 Å². The molecule has 3 rings (SSSR count). The molecule has 0 aliphatic carbocycles. The molecule has 1 saturated heterocycles. The van der Waals surface area contributed by atoms with E-state index in [1.54, 1.807) is 6.07 Å². The van der Waals surface area contributed by atoms with Crippen LogP contribution < -0.4 is 10.6 Å². The van der Waals surface area contributed by atoms with E-state index in [-0.39, 0.29) is 11.4 Å². The van der Waals surface area contributed by atoms with Gasteiger partial charge in [-0.2, -0.15) is 11.8 Å². The SMILES string of the molecule is NC1=NCC2(CCCSC2)N1c1cccc(F)c1. The lowest BCUT2D eigenvalue weighted by Crippen LogP contribution is -2.55. The molecule has 2 aliphatic rings. The highest BCUT2D eigenvalue weighted by molar-refractivity contribution is 7.99. The van der Waals surface area contributed by atoms with E-state index in [9.17, 15) is 4.39 Å². The molecule has 0 saturated carbocycles. The van der Waals surface area contributed by atoms with Crippen LogP contribution in [-0.4, -0.2) is 29.5 Å². The number of hydrogen-bond donors (Lipinski definition) is 1. The molecule has 96 valence electrons. The molecule has 1 unspecified atom stereocenters. The Kier molecular flexibility index (Phi) is 2.93. The molecule has 3 nitrogen and oxygen atoms in total. The summed E-state index contributed by atoms with van der Waals surface area (Å²) < 4.78 is 13.4. The summed E-state index contributed by atoms with van der Waals surface area (Å²) in [6, 6.07) is 6.61. The maximum atomic E-state index is 13.4. The Morgan fingerprint density at radius 2 is 2.33 bits per heavy atom. The molecule has 1 aromatic rings. The topological polar surface area (TPSA) is 41.6 Å². The van der Waals surface area contributed by atoms with Crippen molar-refractivity contribution in [3.05, 3.63) is 30.1 Å². The summed E-state index contributed by atoms with van der Waals surface area (Å²) in [5.74, 6) is 2.49. The fraction of sp³-hybridized carbons (Fsp3) is 0.462. The van der Waals surface area contributed by atoms with Gasteiger partial charge >= 0.3 is 0 Å². The van der Waals surface area contributed by atoms with Crippen LogP contribution in [0.2, 0.25) is 0 Å². The second kappa shape index (κ2) is 4.46. The molecular weight excluding hydrogens is 249 g/mol.